The van der Waals surface area contributed by atoms with E-state index in [1.54, 1.807) is 44.6 Å². The van der Waals surface area contributed by atoms with Crippen LogP contribution in [0.2, 0.25) is 5.02 Å². The van der Waals surface area contributed by atoms with Crippen LogP contribution in [0.25, 0.3) is 0 Å². The number of para-hydroxylation sites is 1. The molecule has 242 valence electrons. The molecule has 2 amide bonds. The number of amides is 2. The number of hydrogen-bond donors (Lipinski definition) is 2. The maximum Gasteiger partial charge on any atom is 0.264 e. The van der Waals surface area contributed by atoms with Crippen LogP contribution in [0.15, 0.2) is 89.8 Å². The van der Waals surface area contributed by atoms with E-state index in [1.807, 2.05) is 12.1 Å². The van der Waals surface area contributed by atoms with Gasteiger partial charge in [0.15, 0.2) is 23.0 Å². The molecule has 4 aromatic carbocycles. The summed E-state index contributed by atoms with van der Waals surface area (Å²) >= 11 is 6.05. The number of nitrogens with one attached hydrogen (secondary N) is 2. The van der Waals surface area contributed by atoms with E-state index in [0.29, 0.717) is 35.2 Å². The summed E-state index contributed by atoms with van der Waals surface area (Å²) in [7, 11) is 1.65. The predicted molar refractivity (Wildman–Crippen MR) is 176 cm³/mol. The van der Waals surface area contributed by atoms with E-state index >= 15 is 0 Å². The second-order valence-electron chi connectivity index (χ2n) is 9.79. The Bertz CT molecular complexity index is 1800. The third-order valence-electron chi connectivity index (χ3n) is 6.94. The minimum atomic E-state index is -4.29. The Hall–Kier alpha value is -4.94. The van der Waals surface area contributed by atoms with Gasteiger partial charge in [-0.25, -0.2) is 8.42 Å². The average Bonchev–Trinajstić information content (AvgIpc) is 3.07. The minimum absolute atomic E-state index is 0.123. The molecule has 0 heterocycles. The number of ether oxygens (including phenoxy) is 4. The van der Waals surface area contributed by atoms with Gasteiger partial charge >= 0.3 is 0 Å². The van der Waals surface area contributed by atoms with Gasteiger partial charge in [-0.05, 0) is 72.6 Å². The number of halogens is 1. The van der Waals surface area contributed by atoms with Gasteiger partial charge in [-0.3, -0.25) is 13.9 Å². The van der Waals surface area contributed by atoms with Crippen LogP contribution in [0.5, 0.6) is 23.0 Å². The predicted octanol–water partition coefficient (Wildman–Crippen LogP) is 5.18. The number of carbonyl (C=O) groups excluding carboxylic acids is 2. The summed E-state index contributed by atoms with van der Waals surface area (Å²) in [5.74, 6) is 0.644. The molecular formula is C33H34ClN3O8S. The summed E-state index contributed by atoms with van der Waals surface area (Å²) in [6.07, 6.45) is 0.519. The lowest BCUT2D eigenvalue weighted by atomic mass is 10.1. The fourth-order valence-corrected chi connectivity index (χ4v) is 6.15. The minimum Gasteiger partial charge on any atom is -0.493 e. The number of carbonyl (C=O) groups is 2. The highest BCUT2D eigenvalue weighted by Gasteiger charge is 2.29. The van der Waals surface area contributed by atoms with E-state index in [9.17, 15) is 18.0 Å². The number of methoxy groups -OCH3 is 4. The van der Waals surface area contributed by atoms with Gasteiger partial charge in [0.2, 0.25) is 5.91 Å². The van der Waals surface area contributed by atoms with Crippen LogP contribution in [0.4, 0.5) is 11.4 Å². The Balaban J connectivity index is 1.52. The van der Waals surface area contributed by atoms with Gasteiger partial charge in [0.1, 0.15) is 6.54 Å². The van der Waals surface area contributed by atoms with Crippen molar-refractivity contribution in [3.05, 3.63) is 101 Å². The summed E-state index contributed by atoms with van der Waals surface area (Å²) in [6.45, 7) is -0.294. The third-order valence-corrected chi connectivity index (χ3v) is 8.96. The third kappa shape index (κ3) is 8.01. The Labute approximate surface area is 273 Å². The molecule has 11 nitrogen and oxygen atoms in total. The zero-order valence-electron chi connectivity index (χ0n) is 25.7. The largest absolute Gasteiger partial charge is 0.493 e. The van der Waals surface area contributed by atoms with Gasteiger partial charge < -0.3 is 29.6 Å². The van der Waals surface area contributed by atoms with Crippen molar-refractivity contribution in [2.24, 2.45) is 0 Å². The lowest BCUT2D eigenvalue weighted by molar-refractivity contribution is -0.114. The fraction of sp³-hybridized carbons (Fsp3) is 0.212. The van der Waals surface area contributed by atoms with Crippen LogP contribution in [0, 0.1) is 0 Å². The number of sulfonamides is 1. The van der Waals surface area contributed by atoms with Crippen molar-refractivity contribution in [2.45, 2.75) is 11.3 Å². The van der Waals surface area contributed by atoms with Crippen molar-refractivity contribution in [1.29, 1.82) is 0 Å². The van der Waals surface area contributed by atoms with Gasteiger partial charge in [-0.2, -0.15) is 0 Å². The molecule has 2 N–H and O–H groups in total. The summed E-state index contributed by atoms with van der Waals surface area (Å²) in [5.41, 5.74) is 1.56. The summed E-state index contributed by atoms with van der Waals surface area (Å²) in [4.78, 5) is 26.4. The van der Waals surface area contributed by atoms with E-state index in [1.165, 1.54) is 56.7 Å². The van der Waals surface area contributed by atoms with E-state index in [4.69, 9.17) is 30.5 Å². The van der Waals surface area contributed by atoms with Crippen molar-refractivity contribution in [3.8, 4) is 23.0 Å². The van der Waals surface area contributed by atoms with Gasteiger partial charge in [0.25, 0.3) is 15.9 Å². The van der Waals surface area contributed by atoms with Crippen LogP contribution in [0.3, 0.4) is 0 Å². The number of anilines is 2. The van der Waals surface area contributed by atoms with Crippen LogP contribution in [-0.4, -0.2) is 61.8 Å². The monoisotopic (exact) mass is 667 g/mol. The van der Waals surface area contributed by atoms with Crippen LogP contribution < -0.4 is 33.9 Å². The molecule has 0 aliphatic heterocycles. The molecule has 4 rings (SSSR count). The maximum atomic E-state index is 13.9. The highest BCUT2D eigenvalue weighted by atomic mass is 35.5. The van der Waals surface area contributed by atoms with Gasteiger partial charge in [0, 0.05) is 17.6 Å². The Kier molecular flexibility index (Phi) is 11.3. The number of hydrogen-bond acceptors (Lipinski definition) is 8. The lowest BCUT2D eigenvalue weighted by Crippen LogP contribution is -2.38. The maximum absolute atomic E-state index is 13.9. The molecule has 0 aromatic heterocycles. The molecule has 0 radical (unpaired) electrons. The van der Waals surface area contributed by atoms with Crippen molar-refractivity contribution >= 4 is 44.8 Å². The molecule has 13 heteroatoms. The second kappa shape index (κ2) is 15.4. The molecule has 0 aliphatic carbocycles. The van der Waals surface area contributed by atoms with Gasteiger partial charge in [0.05, 0.1) is 50.3 Å². The smallest absolute Gasteiger partial charge is 0.264 e. The SMILES string of the molecule is COc1ccc(CCNC(=O)c2ccccc2NC(=O)CN(c2ccc(Cl)cc2)S(=O)(=O)c2ccc(OC)c(OC)c2)cc1OC. The van der Waals surface area contributed by atoms with Crippen molar-refractivity contribution in [1.82, 2.24) is 5.32 Å². The Morgan fingerprint density at radius 1 is 0.761 bits per heavy atom. The molecule has 0 aliphatic rings. The molecule has 0 saturated heterocycles. The highest BCUT2D eigenvalue weighted by molar-refractivity contribution is 7.92. The molecule has 0 saturated carbocycles. The first-order valence-corrected chi connectivity index (χ1v) is 15.8. The van der Waals surface area contributed by atoms with Crippen LogP contribution >= 0.6 is 11.6 Å². The van der Waals surface area contributed by atoms with Crippen molar-refractivity contribution < 1.29 is 37.0 Å². The zero-order chi connectivity index (χ0) is 33.3. The quantitative estimate of drug-likeness (QED) is 0.188. The van der Waals surface area contributed by atoms with E-state index < -0.39 is 28.4 Å². The molecule has 0 spiro atoms. The lowest BCUT2D eigenvalue weighted by Gasteiger charge is -2.25. The molecule has 4 aromatic rings. The first-order valence-electron chi connectivity index (χ1n) is 14.0. The first kappa shape index (κ1) is 33.9. The van der Waals surface area contributed by atoms with E-state index in [0.717, 1.165) is 9.87 Å². The zero-order valence-corrected chi connectivity index (χ0v) is 27.3. The number of benzene rings is 4. The Morgan fingerprint density at radius 2 is 1.37 bits per heavy atom. The molecule has 0 fully saturated rings. The molecule has 46 heavy (non-hydrogen) atoms. The number of nitrogens with zero attached hydrogens (tertiary/aromatic N) is 1. The Morgan fingerprint density at radius 3 is 2.02 bits per heavy atom. The highest BCUT2D eigenvalue weighted by Crippen LogP contribution is 2.33. The number of rotatable bonds is 14. The normalized spacial score (nSPS) is 10.9. The topological polar surface area (TPSA) is 132 Å². The van der Waals surface area contributed by atoms with Gasteiger partial charge in [-0.15, -0.1) is 0 Å². The standard InChI is InChI=1S/C33H34ClN3O8S/c1-42-28-15-9-22(19-30(28)44-3)17-18-35-33(39)26-7-5-6-8-27(26)36-32(38)21-37(24-12-10-23(34)11-13-24)46(40,41)25-14-16-29(43-2)31(20-25)45-4/h5-16,19-20H,17-18,21H2,1-4H3,(H,35,39)(H,36,38). The fourth-order valence-electron chi connectivity index (χ4n) is 4.59. The average molecular weight is 668 g/mol. The summed E-state index contributed by atoms with van der Waals surface area (Å²) < 4.78 is 49.9. The summed E-state index contributed by atoms with van der Waals surface area (Å²) in [6, 6.07) is 22.1. The molecule has 0 atom stereocenters. The second-order valence-corrected chi connectivity index (χ2v) is 12.1. The summed E-state index contributed by atoms with van der Waals surface area (Å²) in [5, 5.41) is 5.95. The molecular weight excluding hydrogens is 634 g/mol. The van der Waals surface area contributed by atoms with Crippen LogP contribution in [-0.2, 0) is 21.2 Å². The molecule has 0 unspecified atom stereocenters. The van der Waals surface area contributed by atoms with Crippen molar-refractivity contribution in [3.63, 3.8) is 0 Å². The van der Waals surface area contributed by atoms with Crippen molar-refractivity contribution in [2.75, 3.05) is 51.2 Å². The molecule has 0 bridgehead atoms. The van der Waals surface area contributed by atoms with Crippen LogP contribution in [0.1, 0.15) is 15.9 Å². The van der Waals surface area contributed by atoms with Gasteiger partial charge in [-0.1, -0.05) is 29.8 Å². The van der Waals surface area contributed by atoms with E-state index in [-0.39, 0.29) is 27.6 Å². The first-order chi connectivity index (χ1) is 22.1. The van der Waals surface area contributed by atoms with E-state index in [2.05, 4.69) is 10.6 Å².